The van der Waals surface area contributed by atoms with Crippen LogP contribution in [0, 0.1) is 6.92 Å². The zero-order valence-corrected chi connectivity index (χ0v) is 39.4. The molecule has 6 heteroatoms. The summed E-state index contributed by atoms with van der Waals surface area (Å²) >= 11 is 1.87. The molecule has 4 heterocycles. The third-order valence-corrected chi connectivity index (χ3v) is 16.1. The molecule has 13 aromatic rings. The Morgan fingerprint density at radius 3 is 1.80 bits per heavy atom. The summed E-state index contributed by atoms with van der Waals surface area (Å²) in [5.41, 5.74) is 17.7. The average molecular weight is 924 g/mol. The molecule has 1 spiro atoms. The van der Waals surface area contributed by atoms with Gasteiger partial charge in [-0.15, -0.1) is 11.3 Å². The Bertz CT molecular complexity index is 4250. The summed E-state index contributed by atoms with van der Waals surface area (Å²) in [7, 11) is 0. The number of hydrogen-bond donors (Lipinski definition) is 0. The van der Waals surface area contributed by atoms with Gasteiger partial charge in [-0.1, -0.05) is 181 Å². The van der Waals surface area contributed by atoms with Crippen molar-refractivity contribution in [3.8, 4) is 50.7 Å². The number of aryl methyl sites for hydroxylation is 1. The van der Waals surface area contributed by atoms with Crippen molar-refractivity contribution in [1.29, 1.82) is 0 Å². The fraction of sp³-hybridized carbons (Fsp3) is 0.0308. The Labute approximate surface area is 414 Å². The van der Waals surface area contributed by atoms with E-state index in [2.05, 4.69) is 211 Å². The molecule has 0 fully saturated rings. The van der Waals surface area contributed by atoms with Crippen molar-refractivity contribution in [1.82, 2.24) is 19.5 Å². The molecule has 1 aliphatic heterocycles. The highest BCUT2D eigenvalue weighted by Crippen LogP contribution is 2.65. The predicted octanol–water partition coefficient (Wildman–Crippen LogP) is 16.8. The molecule has 1 aliphatic carbocycles. The van der Waals surface area contributed by atoms with Gasteiger partial charge in [0.25, 0.3) is 0 Å². The predicted molar refractivity (Wildman–Crippen MR) is 294 cm³/mol. The van der Waals surface area contributed by atoms with Crippen LogP contribution in [0.5, 0.6) is 0 Å². The first-order valence-corrected chi connectivity index (χ1v) is 25.0. The number of anilines is 3. The molecule has 0 bridgehead atoms. The molecule has 2 aliphatic rings. The van der Waals surface area contributed by atoms with Crippen LogP contribution in [0.15, 0.2) is 231 Å². The summed E-state index contributed by atoms with van der Waals surface area (Å²) in [6.07, 6.45) is 0. The van der Waals surface area contributed by atoms with Crippen molar-refractivity contribution in [2.75, 3.05) is 4.90 Å². The van der Waals surface area contributed by atoms with Gasteiger partial charge in [0.15, 0.2) is 11.6 Å². The van der Waals surface area contributed by atoms with E-state index in [0.717, 1.165) is 39.3 Å². The van der Waals surface area contributed by atoms with Crippen LogP contribution < -0.4 is 4.90 Å². The number of thiophene rings is 1. The number of benzene rings is 10. The molecular weight excluding hydrogens is 883 g/mol. The van der Waals surface area contributed by atoms with Gasteiger partial charge in [-0.05, 0) is 106 Å². The Kier molecular flexibility index (Phi) is 8.59. The molecule has 1 unspecified atom stereocenters. The van der Waals surface area contributed by atoms with Gasteiger partial charge >= 0.3 is 0 Å². The zero-order chi connectivity index (χ0) is 46.8. The van der Waals surface area contributed by atoms with Crippen molar-refractivity contribution >= 4 is 70.6 Å². The lowest BCUT2D eigenvalue weighted by Crippen LogP contribution is -2.36. The minimum atomic E-state index is -0.674. The van der Waals surface area contributed by atoms with E-state index in [1.807, 2.05) is 47.7 Å². The lowest BCUT2D eigenvalue weighted by Gasteiger charge is -2.44. The number of fused-ring (bicyclic) bond motifs is 16. The minimum absolute atomic E-state index is 0.556. The summed E-state index contributed by atoms with van der Waals surface area (Å²) in [5.74, 6) is 1.79. The highest BCUT2D eigenvalue weighted by molar-refractivity contribution is 7.26. The largest absolute Gasteiger partial charge is 0.309 e. The molecule has 0 amide bonds. The maximum Gasteiger partial charge on any atom is 0.238 e. The van der Waals surface area contributed by atoms with Gasteiger partial charge < -0.3 is 4.57 Å². The highest BCUT2D eigenvalue weighted by atomic mass is 32.1. The Balaban J connectivity index is 1.03. The van der Waals surface area contributed by atoms with Crippen LogP contribution in [0.3, 0.4) is 0 Å². The van der Waals surface area contributed by atoms with E-state index >= 15 is 0 Å². The fourth-order valence-electron chi connectivity index (χ4n) is 11.9. The zero-order valence-electron chi connectivity index (χ0n) is 38.6. The lowest BCUT2D eigenvalue weighted by atomic mass is 9.64. The van der Waals surface area contributed by atoms with E-state index in [9.17, 15) is 0 Å². The van der Waals surface area contributed by atoms with Crippen LogP contribution >= 0.6 is 11.3 Å². The van der Waals surface area contributed by atoms with Crippen molar-refractivity contribution in [2.24, 2.45) is 0 Å². The average Bonchev–Trinajstić information content (AvgIpc) is 4.09. The molecule has 10 aromatic carbocycles. The summed E-state index contributed by atoms with van der Waals surface area (Å²) in [6.45, 7) is 2.14. The van der Waals surface area contributed by atoms with Crippen LogP contribution in [-0.4, -0.2) is 19.5 Å². The molecular formula is C65H41N5S. The first-order valence-electron chi connectivity index (χ1n) is 24.2. The lowest BCUT2D eigenvalue weighted by molar-refractivity contribution is 0.750. The van der Waals surface area contributed by atoms with E-state index in [-0.39, 0.29) is 0 Å². The molecule has 0 N–H and O–H groups in total. The molecule has 0 saturated carbocycles. The fourth-order valence-corrected chi connectivity index (χ4v) is 13.0. The monoisotopic (exact) mass is 923 g/mol. The molecule has 1 atom stereocenters. The van der Waals surface area contributed by atoms with Crippen molar-refractivity contribution in [3.63, 3.8) is 0 Å². The molecule has 5 nitrogen and oxygen atoms in total. The molecule has 71 heavy (non-hydrogen) atoms. The van der Waals surface area contributed by atoms with Crippen LogP contribution in [0.2, 0.25) is 0 Å². The first kappa shape index (κ1) is 40.0. The highest BCUT2D eigenvalue weighted by Gasteiger charge is 2.52. The molecule has 0 saturated heterocycles. The quantitative estimate of drug-likeness (QED) is 0.173. The van der Waals surface area contributed by atoms with Gasteiger partial charge in [0.05, 0.1) is 27.8 Å². The van der Waals surface area contributed by atoms with Crippen LogP contribution in [0.25, 0.3) is 92.7 Å². The summed E-state index contributed by atoms with van der Waals surface area (Å²) < 4.78 is 4.98. The Hall–Kier alpha value is -8.97. The van der Waals surface area contributed by atoms with E-state index in [1.54, 1.807) is 0 Å². The minimum Gasteiger partial charge on any atom is -0.309 e. The van der Waals surface area contributed by atoms with Crippen molar-refractivity contribution in [3.05, 3.63) is 258 Å². The Morgan fingerprint density at radius 2 is 1.01 bits per heavy atom. The number of nitrogens with zero attached hydrogens (tertiary/aromatic N) is 5. The topological polar surface area (TPSA) is 46.8 Å². The summed E-state index contributed by atoms with van der Waals surface area (Å²) in [5, 5.41) is 5.04. The second-order valence-electron chi connectivity index (χ2n) is 18.8. The third kappa shape index (κ3) is 5.77. The van der Waals surface area contributed by atoms with Crippen molar-refractivity contribution in [2.45, 2.75) is 12.3 Å². The van der Waals surface area contributed by atoms with Gasteiger partial charge in [0, 0.05) is 47.8 Å². The number of hydrogen-bond acceptors (Lipinski definition) is 5. The van der Waals surface area contributed by atoms with E-state index in [4.69, 9.17) is 15.0 Å². The van der Waals surface area contributed by atoms with Crippen LogP contribution in [-0.2, 0) is 5.41 Å². The molecule has 0 radical (unpaired) electrons. The number of aromatic nitrogens is 4. The summed E-state index contributed by atoms with van der Waals surface area (Å²) in [6, 6.07) is 83.9. The summed E-state index contributed by atoms with van der Waals surface area (Å²) in [4.78, 5) is 18.3. The van der Waals surface area contributed by atoms with Gasteiger partial charge in [-0.2, -0.15) is 9.97 Å². The third-order valence-electron chi connectivity index (χ3n) is 14.9. The molecule has 332 valence electrons. The maximum absolute atomic E-state index is 5.44. The second kappa shape index (κ2) is 15.3. The maximum atomic E-state index is 5.44. The van der Waals surface area contributed by atoms with E-state index in [0.29, 0.717) is 17.6 Å². The van der Waals surface area contributed by atoms with Gasteiger partial charge in [0.1, 0.15) is 0 Å². The van der Waals surface area contributed by atoms with Gasteiger partial charge in [0.2, 0.25) is 5.95 Å². The smallest absolute Gasteiger partial charge is 0.238 e. The van der Waals surface area contributed by atoms with Crippen LogP contribution in [0.1, 0.15) is 27.8 Å². The van der Waals surface area contributed by atoms with E-state index < -0.39 is 5.41 Å². The van der Waals surface area contributed by atoms with Gasteiger partial charge in [-0.25, -0.2) is 4.98 Å². The first-order chi connectivity index (χ1) is 35.1. The van der Waals surface area contributed by atoms with Crippen molar-refractivity contribution < 1.29 is 0 Å². The van der Waals surface area contributed by atoms with Gasteiger partial charge in [-0.3, -0.25) is 4.90 Å². The SMILES string of the molecule is Cc1ccc(-n2c3ccccc3c3cc(-c4ccc5c(c4)N(c4nc(-c6ccccc6)nc(-c6ccccc6)n4)c4ccccc4C54c5ccccc5-c5c4ccc4sc6ccccc6c54)ccc32)cc1. The normalized spacial score (nSPS) is 14.6. The standard InChI is InChI=1S/C65H41N5S/c1-40-28-32-45(33-29-40)69-54-25-13-9-20-46(54)49-38-43(31-36-55(49)69)44-30-34-52-57(39-44)70(64-67-62(41-16-4-2-5-17-41)66-63(68-64)42-18-6-3-7-19-42)56-26-14-12-24-51(56)65(52)50-23-11-8-21-47(50)60-53(65)35-37-59-61(60)48-22-10-15-27-58(48)71-59/h2-39H,1H3. The molecule has 15 rings (SSSR count). The second-order valence-corrected chi connectivity index (χ2v) is 19.9. The number of rotatable bonds is 5. The Morgan fingerprint density at radius 1 is 0.408 bits per heavy atom. The van der Waals surface area contributed by atoms with E-state index in [1.165, 1.54) is 80.9 Å². The number of para-hydroxylation sites is 2. The molecule has 3 aromatic heterocycles. The van der Waals surface area contributed by atoms with Crippen LogP contribution in [0.4, 0.5) is 17.3 Å².